The largest absolute Gasteiger partial charge is 0.490 e. The van der Waals surface area contributed by atoms with Crippen molar-refractivity contribution in [3.63, 3.8) is 0 Å². The van der Waals surface area contributed by atoms with Gasteiger partial charge in [-0.25, -0.2) is 0 Å². The fourth-order valence-corrected chi connectivity index (χ4v) is 1.51. The topological polar surface area (TPSA) is 52.3 Å². The number of ether oxygens (including phenoxy) is 1. The smallest absolute Gasteiger partial charge is 0.180 e. The Balaban J connectivity index is 3.27. The van der Waals surface area contributed by atoms with Gasteiger partial charge in [-0.1, -0.05) is 6.07 Å². The summed E-state index contributed by atoms with van der Waals surface area (Å²) in [6, 6.07) is 3.71. The van der Waals surface area contributed by atoms with Gasteiger partial charge in [-0.15, -0.1) is 0 Å². The molecule has 0 saturated heterocycles. The molecule has 0 spiro atoms. The molecule has 1 aromatic rings. The quantitative estimate of drug-likeness (QED) is 0.793. The molecule has 0 aliphatic heterocycles. The molecule has 0 fully saturated rings. The number of Topliss-reactive ketones (excluding diaryl/α,β-unsaturated/α-hetero) is 1. The molecule has 0 aromatic heterocycles. The van der Waals surface area contributed by atoms with E-state index < -0.39 is 0 Å². The van der Waals surface area contributed by atoms with E-state index in [1.807, 2.05) is 33.8 Å². The molecular formula is C13H19NO2. The zero-order valence-electron chi connectivity index (χ0n) is 10.3. The molecular weight excluding hydrogens is 202 g/mol. The summed E-state index contributed by atoms with van der Waals surface area (Å²) >= 11 is 0. The van der Waals surface area contributed by atoms with Crippen molar-refractivity contribution in [3.05, 3.63) is 28.8 Å². The molecule has 0 aliphatic rings. The molecule has 1 aromatic carbocycles. The fraction of sp³-hybridized carbons (Fsp3) is 0.462. The van der Waals surface area contributed by atoms with E-state index in [2.05, 4.69) is 0 Å². The third-order valence-electron chi connectivity index (χ3n) is 2.52. The van der Waals surface area contributed by atoms with Crippen LogP contribution in [0.4, 0.5) is 0 Å². The van der Waals surface area contributed by atoms with Crippen molar-refractivity contribution in [2.75, 3.05) is 6.54 Å². The molecule has 3 heteroatoms. The van der Waals surface area contributed by atoms with Crippen LogP contribution in [0.15, 0.2) is 12.1 Å². The number of aryl methyl sites for hydroxylation is 1. The van der Waals surface area contributed by atoms with E-state index in [1.54, 1.807) is 6.07 Å². The highest BCUT2D eigenvalue weighted by atomic mass is 16.5. The van der Waals surface area contributed by atoms with Crippen molar-refractivity contribution in [3.8, 4) is 5.75 Å². The van der Waals surface area contributed by atoms with Crippen LogP contribution in [0.5, 0.6) is 5.75 Å². The molecule has 1 rings (SSSR count). The number of hydrogen-bond acceptors (Lipinski definition) is 3. The van der Waals surface area contributed by atoms with Crippen LogP contribution < -0.4 is 10.5 Å². The minimum Gasteiger partial charge on any atom is -0.490 e. The van der Waals surface area contributed by atoms with Gasteiger partial charge in [0, 0.05) is 0 Å². The molecule has 0 radical (unpaired) electrons. The highest BCUT2D eigenvalue weighted by molar-refractivity contribution is 6.00. The number of ketones is 1. The molecule has 16 heavy (non-hydrogen) atoms. The van der Waals surface area contributed by atoms with Gasteiger partial charge in [-0.2, -0.15) is 0 Å². The summed E-state index contributed by atoms with van der Waals surface area (Å²) in [5, 5.41) is 0. The summed E-state index contributed by atoms with van der Waals surface area (Å²) in [7, 11) is 0. The average Bonchev–Trinajstić information content (AvgIpc) is 2.23. The van der Waals surface area contributed by atoms with Gasteiger partial charge in [0.2, 0.25) is 0 Å². The Hall–Kier alpha value is -1.35. The standard InChI is InChI=1S/C13H19NO2/c1-8(2)16-13-10(4)9(3)5-6-11(13)12(15)7-14/h5-6,8H,7,14H2,1-4H3. The molecule has 2 N–H and O–H groups in total. The lowest BCUT2D eigenvalue weighted by Crippen LogP contribution is -2.17. The maximum absolute atomic E-state index is 11.7. The van der Waals surface area contributed by atoms with Crippen molar-refractivity contribution in [1.29, 1.82) is 0 Å². The first-order chi connectivity index (χ1) is 7.47. The predicted octanol–water partition coefficient (Wildman–Crippen LogP) is 2.23. The average molecular weight is 221 g/mol. The van der Waals surface area contributed by atoms with Crippen molar-refractivity contribution in [2.24, 2.45) is 5.73 Å². The van der Waals surface area contributed by atoms with Crippen LogP contribution in [0.3, 0.4) is 0 Å². The van der Waals surface area contributed by atoms with Crippen LogP contribution in [0.25, 0.3) is 0 Å². The second-order valence-corrected chi connectivity index (χ2v) is 4.18. The molecule has 0 saturated carbocycles. The summed E-state index contributed by atoms with van der Waals surface area (Å²) in [6.45, 7) is 7.85. The molecule has 0 amide bonds. The Labute approximate surface area is 96.6 Å². The summed E-state index contributed by atoms with van der Waals surface area (Å²) in [5.74, 6) is 0.587. The maximum Gasteiger partial charge on any atom is 0.180 e. The Morgan fingerprint density at radius 2 is 2.00 bits per heavy atom. The summed E-state index contributed by atoms with van der Waals surface area (Å²) in [5.41, 5.74) is 8.09. The monoisotopic (exact) mass is 221 g/mol. The number of benzene rings is 1. The molecule has 88 valence electrons. The molecule has 0 atom stereocenters. The molecule has 0 heterocycles. The van der Waals surface area contributed by atoms with E-state index in [1.165, 1.54) is 0 Å². The number of nitrogens with two attached hydrogens (primary N) is 1. The van der Waals surface area contributed by atoms with E-state index in [9.17, 15) is 4.79 Å². The lowest BCUT2D eigenvalue weighted by molar-refractivity contribution is 0.0995. The summed E-state index contributed by atoms with van der Waals surface area (Å²) in [4.78, 5) is 11.7. The van der Waals surface area contributed by atoms with E-state index in [4.69, 9.17) is 10.5 Å². The first-order valence-corrected chi connectivity index (χ1v) is 5.47. The maximum atomic E-state index is 11.7. The summed E-state index contributed by atoms with van der Waals surface area (Å²) < 4.78 is 5.70. The second-order valence-electron chi connectivity index (χ2n) is 4.18. The Bertz CT molecular complexity index is 397. The summed E-state index contributed by atoms with van der Waals surface area (Å²) in [6.07, 6.45) is 0.0461. The lowest BCUT2D eigenvalue weighted by Gasteiger charge is -2.17. The van der Waals surface area contributed by atoms with Gasteiger partial charge in [0.25, 0.3) is 0 Å². The minimum atomic E-state index is -0.0845. The van der Waals surface area contributed by atoms with Crippen LogP contribution in [0.2, 0.25) is 0 Å². The van der Waals surface area contributed by atoms with Crippen molar-refractivity contribution in [1.82, 2.24) is 0 Å². The number of rotatable bonds is 4. The van der Waals surface area contributed by atoms with Crippen LogP contribution in [-0.2, 0) is 0 Å². The molecule has 0 aliphatic carbocycles. The molecule has 0 bridgehead atoms. The van der Waals surface area contributed by atoms with Gasteiger partial charge in [-0.3, -0.25) is 4.79 Å². The van der Waals surface area contributed by atoms with Crippen LogP contribution in [0.1, 0.15) is 35.3 Å². The first-order valence-electron chi connectivity index (χ1n) is 5.47. The van der Waals surface area contributed by atoms with Crippen LogP contribution >= 0.6 is 0 Å². The third kappa shape index (κ3) is 2.61. The van der Waals surface area contributed by atoms with Gasteiger partial charge in [0.05, 0.1) is 18.2 Å². The van der Waals surface area contributed by atoms with Gasteiger partial charge >= 0.3 is 0 Å². The Morgan fingerprint density at radius 3 is 2.50 bits per heavy atom. The third-order valence-corrected chi connectivity index (χ3v) is 2.52. The van der Waals surface area contributed by atoms with Crippen LogP contribution in [0, 0.1) is 13.8 Å². The number of carbonyl (C=O) groups excluding carboxylic acids is 1. The second kappa shape index (κ2) is 5.12. The van der Waals surface area contributed by atoms with E-state index >= 15 is 0 Å². The zero-order valence-corrected chi connectivity index (χ0v) is 10.3. The highest BCUT2D eigenvalue weighted by Gasteiger charge is 2.15. The van der Waals surface area contributed by atoms with Crippen molar-refractivity contribution < 1.29 is 9.53 Å². The number of hydrogen-bond donors (Lipinski definition) is 1. The highest BCUT2D eigenvalue weighted by Crippen LogP contribution is 2.27. The lowest BCUT2D eigenvalue weighted by atomic mass is 10.0. The van der Waals surface area contributed by atoms with Gasteiger partial charge < -0.3 is 10.5 Å². The minimum absolute atomic E-state index is 0.0109. The normalized spacial score (nSPS) is 10.6. The van der Waals surface area contributed by atoms with E-state index in [-0.39, 0.29) is 18.4 Å². The Morgan fingerprint density at radius 1 is 1.38 bits per heavy atom. The first kappa shape index (κ1) is 12.7. The van der Waals surface area contributed by atoms with Gasteiger partial charge in [0.15, 0.2) is 5.78 Å². The van der Waals surface area contributed by atoms with Gasteiger partial charge in [-0.05, 0) is 44.9 Å². The zero-order chi connectivity index (χ0) is 12.3. The predicted molar refractivity (Wildman–Crippen MR) is 65.1 cm³/mol. The number of carbonyl (C=O) groups is 1. The fourth-order valence-electron chi connectivity index (χ4n) is 1.51. The SMILES string of the molecule is Cc1ccc(C(=O)CN)c(OC(C)C)c1C. The van der Waals surface area contributed by atoms with E-state index in [0.717, 1.165) is 11.1 Å². The van der Waals surface area contributed by atoms with Gasteiger partial charge in [0.1, 0.15) is 5.75 Å². The molecule has 3 nitrogen and oxygen atoms in total. The Kier molecular flexibility index (Phi) is 4.07. The molecule has 0 unspecified atom stereocenters. The van der Waals surface area contributed by atoms with Crippen LogP contribution in [-0.4, -0.2) is 18.4 Å². The van der Waals surface area contributed by atoms with Crippen molar-refractivity contribution in [2.45, 2.75) is 33.8 Å². The van der Waals surface area contributed by atoms with Crippen molar-refractivity contribution >= 4 is 5.78 Å². The van der Waals surface area contributed by atoms with E-state index in [0.29, 0.717) is 11.3 Å².